The van der Waals surface area contributed by atoms with E-state index in [0.717, 1.165) is 5.69 Å². The maximum atomic E-state index is 8.86. The van der Waals surface area contributed by atoms with Crippen molar-refractivity contribution in [3.63, 3.8) is 0 Å². The fourth-order valence-corrected chi connectivity index (χ4v) is 1.05. The highest BCUT2D eigenvalue weighted by Gasteiger charge is 2.04. The van der Waals surface area contributed by atoms with Crippen LogP contribution in [0.25, 0.3) is 0 Å². The van der Waals surface area contributed by atoms with Gasteiger partial charge in [-0.1, -0.05) is 6.92 Å². The molecule has 5 nitrogen and oxygen atoms in total. The van der Waals surface area contributed by atoms with Crippen molar-refractivity contribution < 1.29 is 9.84 Å². The minimum atomic E-state index is 0.149. The molecule has 0 saturated carbocycles. The molecule has 0 radical (unpaired) electrons. The van der Waals surface area contributed by atoms with Gasteiger partial charge in [0.25, 0.3) is 0 Å². The molecule has 0 bridgehead atoms. The first-order valence-electron chi connectivity index (χ1n) is 4.90. The SMILES string of the molecule is COc1cc(C)nc(NCC(C)CO)n1. The zero-order chi connectivity index (χ0) is 11.3. The van der Waals surface area contributed by atoms with Gasteiger partial charge in [0.05, 0.1) is 7.11 Å². The molecule has 1 heterocycles. The lowest BCUT2D eigenvalue weighted by Crippen LogP contribution is -2.16. The van der Waals surface area contributed by atoms with E-state index < -0.39 is 0 Å². The number of hydrogen-bond donors (Lipinski definition) is 2. The smallest absolute Gasteiger partial charge is 0.226 e. The first kappa shape index (κ1) is 11.7. The lowest BCUT2D eigenvalue weighted by molar-refractivity contribution is 0.244. The summed E-state index contributed by atoms with van der Waals surface area (Å²) in [6.07, 6.45) is 0. The van der Waals surface area contributed by atoms with Crippen molar-refractivity contribution in [3.8, 4) is 5.88 Å². The first-order chi connectivity index (χ1) is 7.15. The second kappa shape index (κ2) is 5.50. The van der Waals surface area contributed by atoms with Gasteiger partial charge in [0.2, 0.25) is 11.8 Å². The molecule has 0 aromatic carbocycles. The first-order valence-corrected chi connectivity index (χ1v) is 4.90. The van der Waals surface area contributed by atoms with Crippen molar-refractivity contribution in [2.24, 2.45) is 5.92 Å². The standard InChI is InChI=1S/C10H17N3O2/c1-7(6-14)5-11-10-12-8(2)4-9(13-10)15-3/h4,7,14H,5-6H2,1-3H3,(H,11,12,13). The van der Waals surface area contributed by atoms with Gasteiger partial charge < -0.3 is 15.2 Å². The summed E-state index contributed by atoms with van der Waals surface area (Å²) in [5.74, 6) is 1.26. The number of aromatic nitrogens is 2. The van der Waals surface area contributed by atoms with Crippen LogP contribution >= 0.6 is 0 Å². The molecule has 5 heteroatoms. The van der Waals surface area contributed by atoms with Gasteiger partial charge in [-0.15, -0.1) is 0 Å². The maximum Gasteiger partial charge on any atom is 0.226 e. The highest BCUT2D eigenvalue weighted by Crippen LogP contribution is 2.11. The Morgan fingerprint density at radius 3 is 2.87 bits per heavy atom. The van der Waals surface area contributed by atoms with Gasteiger partial charge in [-0.25, -0.2) is 4.98 Å². The van der Waals surface area contributed by atoms with E-state index in [9.17, 15) is 0 Å². The van der Waals surface area contributed by atoms with Gasteiger partial charge in [0.15, 0.2) is 0 Å². The van der Waals surface area contributed by atoms with Crippen molar-refractivity contribution in [2.45, 2.75) is 13.8 Å². The molecule has 1 atom stereocenters. The predicted molar refractivity (Wildman–Crippen MR) is 58.1 cm³/mol. The van der Waals surface area contributed by atoms with E-state index in [1.165, 1.54) is 0 Å². The van der Waals surface area contributed by atoms with Crippen LogP contribution in [0.2, 0.25) is 0 Å². The molecule has 0 aliphatic rings. The fourth-order valence-electron chi connectivity index (χ4n) is 1.05. The normalized spacial score (nSPS) is 12.3. The quantitative estimate of drug-likeness (QED) is 0.755. The number of hydrogen-bond acceptors (Lipinski definition) is 5. The highest BCUT2D eigenvalue weighted by molar-refractivity contribution is 5.30. The highest BCUT2D eigenvalue weighted by atomic mass is 16.5. The van der Waals surface area contributed by atoms with E-state index in [-0.39, 0.29) is 12.5 Å². The molecule has 0 spiro atoms. The Morgan fingerprint density at radius 2 is 2.27 bits per heavy atom. The Bertz CT molecular complexity index is 318. The number of aliphatic hydroxyl groups is 1. The molecule has 0 aliphatic carbocycles. The average Bonchev–Trinajstić information content (AvgIpc) is 2.25. The summed E-state index contributed by atoms with van der Waals surface area (Å²) in [7, 11) is 1.57. The molecular formula is C10H17N3O2. The zero-order valence-electron chi connectivity index (χ0n) is 9.32. The van der Waals surface area contributed by atoms with Crippen molar-refractivity contribution in [1.29, 1.82) is 0 Å². The molecule has 15 heavy (non-hydrogen) atoms. The van der Waals surface area contributed by atoms with Crippen molar-refractivity contribution >= 4 is 5.95 Å². The summed E-state index contributed by atoms with van der Waals surface area (Å²) in [5, 5.41) is 11.9. The number of methoxy groups -OCH3 is 1. The zero-order valence-corrected chi connectivity index (χ0v) is 9.32. The molecule has 0 fully saturated rings. The van der Waals surface area contributed by atoms with Gasteiger partial charge >= 0.3 is 0 Å². The lowest BCUT2D eigenvalue weighted by Gasteiger charge is -2.10. The van der Waals surface area contributed by atoms with E-state index in [4.69, 9.17) is 9.84 Å². The number of aryl methyl sites for hydroxylation is 1. The second-order valence-electron chi connectivity index (χ2n) is 3.54. The van der Waals surface area contributed by atoms with Gasteiger partial charge in [-0.05, 0) is 12.8 Å². The monoisotopic (exact) mass is 211 g/mol. The van der Waals surface area contributed by atoms with Crippen LogP contribution in [0.15, 0.2) is 6.07 Å². The van der Waals surface area contributed by atoms with Gasteiger partial charge in [-0.2, -0.15) is 4.98 Å². The number of aliphatic hydroxyl groups excluding tert-OH is 1. The average molecular weight is 211 g/mol. The largest absolute Gasteiger partial charge is 0.481 e. The van der Waals surface area contributed by atoms with Crippen molar-refractivity contribution in [3.05, 3.63) is 11.8 Å². The minimum Gasteiger partial charge on any atom is -0.481 e. The Balaban J connectivity index is 2.64. The second-order valence-corrected chi connectivity index (χ2v) is 3.54. The predicted octanol–water partition coefficient (Wildman–Crippen LogP) is 0.834. The van der Waals surface area contributed by atoms with Crippen LogP contribution in [0.1, 0.15) is 12.6 Å². The van der Waals surface area contributed by atoms with E-state index in [1.807, 2.05) is 13.8 Å². The third-order valence-electron chi connectivity index (χ3n) is 1.96. The minimum absolute atomic E-state index is 0.149. The molecule has 0 saturated heterocycles. The van der Waals surface area contributed by atoms with Crippen LogP contribution in [-0.2, 0) is 0 Å². The molecule has 0 amide bonds. The third-order valence-corrected chi connectivity index (χ3v) is 1.96. The summed E-state index contributed by atoms with van der Waals surface area (Å²) < 4.78 is 5.03. The third kappa shape index (κ3) is 3.71. The van der Waals surface area contributed by atoms with Crippen LogP contribution in [0.5, 0.6) is 5.88 Å². The molecule has 2 N–H and O–H groups in total. The van der Waals surface area contributed by atoms with Gasteiger partial charge in [0, 0.05) is 24.9 Å². The Kier molecular flexibility index (Phi) is 4.30. The Hall–Kier alpha value is -1.36. The number of nitrogens with zero attached hydrogens (tertiary/aromatic N) is 2. The van der Waals surface area contributed by atoms with E-state index in [0.29, 0.717) is 18.4 Å². The number of anilines is 1. The number of nitrogens with one attached hydrogen (secondary N) is 1. The molecule has 0 aliphatic heterocycles. The molecule has 84 valence electrons. The molecule has 1 aromatic rings. The molecular weight excluding hydrogens is 194 g/mol. The van der Waals surface area contributed by atoms with E-state index in [1.54, 1.807) is 13.2 Å². The molecule has 1 aromatic heterocycles. The summed E-state index contributed by atoms with van der Waals surface area (Å²) in [6, 6.07) is 1.76. The van der Waals surface area contributed by atoms with Gasteiger partial charge in [0.1, 0.15) is 0 Å². The molecule has 1 rings (SSSR count). The summed E-state index contributed by atoms with van der Waals surface area (Å²) >= 11 is 0. The van der Waals surface area contributed by atoms with Crippen molar-refractivity contribution in [2.75, 3.05) is 25.6 Å². The lowest BCUT2D eigenvalue weighted by atomic mass is 10.2. The fraction of sp³-hybridized carbons (Fsp3) is 0.600. The van der Waals surface area contributed by atoms with E-state index in [2.05, 4.69) is 15.3 Å². The molecule has 1 unspecified atom stereocenters. The Morgan fingerprint density at radius 1 is 1.53 bits per heavy atom. The Labute approximate surface area is 89.5 Å². The van der Waals surface area contributed by atoms with Crippen LogP contribution in [0, 0.1) is 12.8 Å². The summed E-state index contributed by atoms with van der Waals surface area (Å²) in [4.78, 5) is 8.34. The van der Waals surface area contributed by atoms with Crippen LogP contribution in [-0.4, -0.2) is 35.3 Å². The number of ether oxygens (including phenoxy) is 1. The van der Waals surface area contributed by atoms with Crippen LogP contribution < -0.4 is 10.1 Å². The van der Waals surface area contributed by atoms with E-state index >= 15 is 0 Å². The summed E-state index contributed by atoms with van der Waals surface area (Å²) in [5.41, 5.74) is 0.848. The topological polar surface area (TPSA) is 67.3 Å². The summed E-state index contributed by atoms with van der Waals surface area (Å²) in [6.45, 7) is 4.62. The number of rotatable bonds is 5. The van der Waals surface area contributed by atoms with Crippen LogP contribution in [0.3, 0.4) is 0 Å². The van der Waals surface area contributed by atoms with Crippen LogP contribution in [0.4, 0.5) is 5.95 Å². The van der Waals surface area contributed by atoms with Crippen molar-refractivity contribution in [1.82, 2.24) is 9.97 Å². The van der Waals surface area contributed by atoms with Gasteiger partial charge in [-0.3, -0.25) is 0 Å². The maximum absolute atomic E-state index is 8.86.